The number of carbonyl (C=O) groups is 1. The summed E-state index contributed by atoms with van der Waals surface area (Å²) in [7, 11) is -2.44. The quantitative estimate of drug-likeness (QED) is 0.736. The molecule has 10 heteroatoms. The van der Waals surface area contributed by atoms with Crippen LogP contribution in [0.15, 0.2) is 24.3 Å². The predicted octanol–water partition coefficient (Wildman–Crippen LogP) is 3.87. The molecule has 0 aliphatic carbocycles. The molecule has 1 aromatic heterocycles. The molecule has 0 fully saturated rings. The van der Waals surface area contributed by atoms with Crippen LogP contribution in [0.1, 0.15) is 49.7 Å². The fourth-order valence-electron chi connectivity index (χ4n) is 2.23. The minimum absolute atomic E-state index is 0.0585. The van der Waals surface area contributed by atoms with Crippen LogP contribution >= 0.6 is 0 Å². The zero-order valence-corrected chi connectivity index (χ0v) is 17.3. The van der Waals surface area contributed by atoms with Crippen molar-refractivity contribution in [3.05, 3.63) is 41.3 Å². The van der Waals surface area contributed by atoms with Crippen LogP contribution < -0.4 is 4.31 Å². The van der Waals surface area contributed by atoms with Crippen molar-refractivity contribution in [3.8, 4) is 11.3 Å². The SMILES string of the molecule is CC.CC(C)c1nc(N(C)S(C)(=O)=O)nc(-c2ccc(F)cc2)c1C(=O)OF. The van der Waals surface area contributed by atoms with Gasteiger partial charge in [-0.3, -0.25) is 0 Å². The van der Waals surface area contributed by atoms with Gasteiger partial charge in [0.2, 0.25) is 16.0 Å². The molecule has 28 heavy (non-hydrogen) atoms. The Morgan fingerprint density at radius 1 is 1.14 bits per heavy atom. The monoisotopic (exact) mass is 415 g/mol. The summed E-state index contributed by atoms with van der Waals surface area (Å²) in [5.74, 6) is -2.42. The number of hydrogen-bond acceptors (Lipinski definition) is 6. The number of sulfonamides is 1. The lowest BCUT2D eigenvalue weighted by atomic mass is 9.98. The number of aromatic nitrogens is 2. The Bertz CT molecular complexity index is 933. The maximum absolute atomic E-state index is 13.2. The van der Waals surface area contributed by atoms with E-state index in [1.807, 2.05) is 13.8 Å². The van der Waals surface area contributed by atoms with Crippen molar-refractivity contribution in [1.29, 1.82) is 0 Å². The molecule has 0 spiro atoms. The molecule has 154 valence electrons. The van der Waals surface area contributed by atoms with E-state index in [1.165, 1.54) is 19.2 Å². The Hall–Kier alpha value is -2.62. The van der Waals surface area contributed by atoms with Gasteiger partial charge in [0.15, 0.2) is 0 Å². The van der Waals surface area contributed by atoms with Gasteiger partial charge in [-0.1, -0.05) is 27.7 Å². The smallest absolute Gasteiger partial charge is 0.249 e. The number of rotatable bonds is 5. The lowest BCUT2D eigenvalue weighted by Gasteiger charge is -2.20. The second-order valence-electron chi connectivity index (χ2n) is 5.89. The third-order valence-electron chi connectivity index (χ3n) is 3.64. The van der Waals surface area contributed by atoms with Crippen LogP contribution in [0.5, 0.6) is 0 Å². The van der Waals surface area contributed by atoms with E-state index in [4.69, 9.17) is 0 Å². The summed E-state index contributed by atoms with van der Waals surface area (Å²) >= 11 is 0. The molecule has 1 heterocycles. The number of benzene rings is 1. The van der Waals surface area contributed by atoms with Gasteiger partial charge in [-0.25, -0.2) is 36.8 Å². The Kier molecular flexibility index (Phi) is 7.98. The van der Waals surface area contributed by atoms with E-state index in [2.05, 4.69) is 14.9 Å². The van der Waals surface area contributed by atoms with Crippen molar-refractivity contribution in [3.63, 3.8) is 0 Å². The highest BCUT2D eigenvalue weighted by atomic mass is 32.2. The molecule has 0 saturated carbocycles. The molecule has 0 radical (unpaired) electrons. The Labute approximate surface area is 163 Å². The van der Waals surface area contributed by atoms with Gasteiger partial charge < -0.3 is 0 Å². The normalized spacial score (nSPS) is 10.9. The van der Waals surface area contributed by atoms with Crippen LogP contribution in [0.25, 0.3) is 11.3 Å². The number of hydrogen-bond donors (Lipinski definition) is 0. The first-order chi connectivity index (χ1) is 13.1. The third kappa shape index (κ3) is 5.22. The molecule has 0 atom stereocenters. The minimum Gasteiger partial charge on any atom is -0.249 e. The largest absolute Gasteiger partial charge is 0.383 e. The summed E-state index contributed by atoms with van der Waals surface area (Å²) in [5.41, 5.74) is 0.0725. The van der Waals surface area contributed by atoms with Gasteiger partial charge in [0.25, 0.3) is 0 Å². The van der Waals surface area contributed by atoms with Crippen LogP contribution in [0.3, 0.4) is 0 Å². The van der Waals surface area contributed by atoms with Crippen molar-refractivity contribution in [2.45, 2.75) is 33.6 Å². The summed E-state index contributed by atoms with van der Waals surface area (Å²) in [4.78, 5) is 23.6. The maximum atomic E-state index is 13.2. The zero-order chi connectivity index (χ0) is 21.6. The average molecular weight is 415 g/mol. The molecule has 0 N–H and O–H groups in total. The first kappa shape index (κ1) is 23.4. The van der Waals surface area contributed by atoms with E-state index in [0.29, 0.717) is 0 Å². The molecule has 0 bridgehead atoms. The fraction of sp³-hybridized carbons (Fsp3) is 0.389. The first-order valence-corrected chi connectivity index (χ1v) is 10.4. The highest BCUT2D eigenvalue weighted by Crippen LogP contribution is 2.31. The lowest BCUT2D eigenvalue weighted by molar-refractivity contribution is -0.0789. The first-order valence-electron chi connectivity index (χ1n) is 8.51. The van der Waals surface area contributed by atoms with E-state index >= 15 is 0 Å². The Balaban J connectivity index is 0.00000190. The van der Waals surface area contributed by atoms with E-state index in [9.17, 15) is 22.1 Å². The van der Waals surface area contributed by atoms with Gasteiger partial charge in [-0.05, 0) is 30.2 Å². The molecule has 0 aliphatic rings. The van der Waals surface area contributed by atoms with Crippen molar-refractivity contribution in [2.24, 2.45) is 0 Å². The summed E-state index contributed by atoms with van der Waals surface area (Å²) in [6, 6.07) is 4.94. The van der Waals surface area contributed by atoms with Crippen molar-refractivity contribution in [1.82, 2.24) is 9.97 Å². The molecule has 0 saturated heterocycles. The highest BCUT2D eigenvalue weighted by Gasteiger charge is 2.28. The molecular formula is C18H23F2N3O4S. The van der Waals surface area contributed by atoms with Crippen LogP contribution in [0, 0.1) is 5.82 Å². The molecule has 1 aromatic carbocycles. The van der Waals surface area contributed by atoms with Crippen molar-refractivity contribution < 1.29 is 27.1 Å². The molecule has 0 unspecified atom stereocenters. The number of carbonyl (C=O) groups excluding carboxylic acids is 1. The standard InChI is InChI=1S/C16H17F2N3O4S.C2H6/c1-9(2)13-12(15(22)25-18)14(10-5-7-11(17)8-6-10)20-16(19-13)21(3)26(4,23)24;1-2/h5-9H,1-4H3;1-2H3. The minimum atomic E-state index is -3.68. The molecular weight excluding hydrogens is 392 g/mol. The van der Waals surface area contributed by atoms with E-state index in [1.54, 1.807) is 13.8 Å². The van der Waals surface area contributed by atoms with Crippen LogP contribution in [-0.2, 0) is 15.0 Å². The Morgan fingerprint density at radius 3 is 2.11 bits per heavy atom. The highest BCUT2D eigenvalue weighted by molar-refractivity contribution is 7.92. The molecule has 2 aromatic rings. The Morgan fingerprint density at radius 2 is 1.68 bits per heavy atom. The van der Waals surface area contributed by atoms with Crippen LogP contribution in [0.4, 0.5) is 14.9 Å². The van der Waals surface area contributed by atoms with Gasteiger partial charge in [0.1, 0.15) is 11.4 Å². The zero-order valence-electron chi connectivity index (χ0n) is 16.5. The lowest BCUT2D eigenvalue weighted by Crippen LogP contribution is -2.28. The molecule has 7 nitrogen and oxygen atoms in total. The second kappa shape index (κ2) is 9.54. The predicted molar refractivity (Wildman–Crippen MR) is 103 cm³/mol. The summed E-state index contributed by atoms with van der Waals surface area (Å²) in [6.45, 7) is 7.38. The average Bonchev–Trinajstić information content (AvgIpc) is 2.67. The second-order valence-corrected chi connectivity index (χ2v) is 7.90. The molecule has 0 aliphatic heterocycles. The summed E-state index contributed by atoms with van der Waals surface area (Å²) in [6.07, 6.45) is 0.965. The van der Waals surface area contributed by atoms with Crippen LogP contribution in [0.2, 0.25) is 0 Å². The maximum Gasteiger partial charge on any atom is 0.383 e. The summed E-state index contributed by atoms with van der Waals surface area (Å²) in [5, 5.41) is 0. The fourth-order valence-corrected chi connectivity index (χ4v) is 2.61. The van der Waals surface area contributed by atoms with Gasteiger partial charge >= 0.3 is 5.97 Å². The van der Waals surface area contributed by atoms with E-state index in [0.717, 1.165) is 22.7 Å². The van der Waals surface area contributed by atoms with Gasteiger partial charge in [-0.2, -0.15) is 0 Å². The van der Waals surface area contributed by atoms with Crippen molar-refractivity contribution in [2.75, 3.05) is 17.6 Å². The topological polar surface area (TPSA) is 89.5 Å². The van der Waals surface area contributed by atoms with Gasteiger partial charge in [0, 0.05) is 17.1 Å². The van der Waals surface area contributed by atoms with Gasteiger partial charge in [-0.15, -0.1) is 0 Å². The summed E-state index contributed by atoms with van der Waals surface area (Å²) < 4.78 is 50.4. The van der Waals surface area contributed by atoms with Gasteiger partial charge in [0.05, 0.1) is 17.6 Å². The molecule has 2 rings (SSSR count). The number of halogens is 2. The van der Waals surface area contributed by atoms with E-state index in [-0.39, 0.29) is 34.4 Å². The molecule has 0 amide bonds. The number of nitrogens with zero attached hydrogens (tertiary/aromatic N) is 3. The van der Waals surface area contributed by atoms with Crippen LogP contribution in [-0.4, -0.2) is 37.7 Å². The third-order valence-corrected chi connectivity index (χ3v) is 4.80. The van der Waals surface area contributed by atoms with Crippen molar-refractivity contribution >= 4 is 21.9 Å². The number of anilines is 1. The van der Waals surface area contributed by atoms with E-state index < -0.39 is 21.8 Å².